The van der Waals surface area contributed by atoms with Crippen LogP contribution in [-0.2, 0) is 20.8 Å². The average Bonchev–Trinajstić information content (AvgIpc) is 3.18. The summed E-state index contributed by atoms with van der Waals surface area (Å²) in [4.78, 5) is 20.9. The van der Waals surface area contributed by atoms with Crippen LogP contribution in [0.2, 0.25) is 0 Å². The van der Waals surface area contributed by atoms with Crippen LogP contribution in [0.3, 0.4) is 0 Å². The Morgan fingerprint density at radius 1 is 1.28 bits per heavy atom. The van der Waals surface area contributed by atoms with Crippen LogP contribution in [0, 0.1) is 0 Å². The van der Waals surface area contributed by atoms with Crippen LogP contribution < -0.4 is 5.32 Å². The van der Waals surface area contributed by atoms with Gasteiger partial charge >= 0.3 is 5.97 Å². The molecule has 3 rings (SSSR count). The highest BCUT2D eigenvalue weighted by molar-refractivity contribution is 5.80. The lowest BCUT2D eigenvalue weighted by Crippen LogP contribution is -2.50. The second kappa shape index (κ2) is 11.2. The maximum Gasteiger partial charge on any atom is 0.305 e. The van der Waals surface area contributed by atoms with Gasteiger partial charge in [0.05, 0.1) is 25.9 Å². The summed E-state index contributed by atoms with van der Waals surface area (Å²) in [7, 11) is 1.43. The number of carbonyl (C=O) groups is 1. The molecule has 0 amide bonds. The summed E-state index contributed by atoms with van der Waals surface area (Å²) in [5.41, 5.74) is 1.35. The van der Waals surface area contributed by atoms with Gasteiger partial charge in [-0.3, -0.25) is 14.7 Å². The van der Waals surface area contributed by atoms with Crippen molar-refractivity contribution in [2.45, 2.75) is 44.9 Å². The van der Waals surface area contributed by atoms with Crippen molar-refractivity contribution in [1.82, 2.24) is 15.1 Å². The SMILES string of the molecule is CCNC(=NCCCCC(=O)OC)N1CC2OCCN(Cc3ccccc3)C2C1. The Morgan fingerprint density at radius 3 is 2.86 bits per heavy atom. The molecule has 2 aliphatic heterocycles. The van der Waals surface area contributed by atoms with Crippen molar-refractivity contribution >= 4 is 11.9 Å². The number of ether oxygens (including phenoxy) is 2. The van der Waals surface area contributed by atoms with Gasteiger partial charge in [-0.2, -0.15) is 0 Å². The number of guanidine groups is 1. The van der Waals surface area contributed by atoms with Gasteiger partial charge in [-0.1, -0.05) is 30.3 Å². The van der Waals surface area contributed by atoms with Crippen LogP contribution in [0.5, 0.6) is 0 Å². The first-order valence-electron chi connectivity index (χ1n) is 10.7. The number of aliphatic imine (C=N–C) groups is 1. The van der Waals surface area contributed by atoms with Gasteiger partial charge in [0.15, 0.2) is 5.96 Å². The lowest BCUT2D eigenvalue weighted by Gasteiger charge is -2.36. The van der Waals surface area contributed by atoms with E-state index in [0.29, 0.717) is 19.0 Å². The highest BCUT2D eigenvalue weighted by atomic mass is 16.5. The predicted octanol–water partition coefficient (Wildman–Crippen LogP) is 1.88. The van der Waals surface area contributed by atoms with Crippen LogP contribution >= 0.6 is 0 Å². The molecule has 0 bridgehead atoms. The topological polar surface area (TPSA) is 66.4 Å². The molecular weight excluding hydrogens is 368 g/mol. The Bertz CT molecular complexity index is 667. The molecule has 0 saturated carbocycles. The third-order valence-corrected chi connectivity index (χ3v) is 5.56. The summed E-state index contributed by atoms with van der Waals surface area (Å²) in [5.74, 6) is 0.795. The van der Waals surface area contributed by atoms with E-state index in [1.165, 1.54) is 12.7 Å². The van der Waals surface area contributed by atoms with Gasteiger partial charge in [0.1, 0.15) is 0 Å². The molecule has 160 valence electrons. The number of esters is 1. The van der Waals surface area contributed by atoms with Gasteiger partial charge < -0.3 is 19.7 Å². The zero-order chi connectivity index (χ0) is 20.5. The van der Waals surface area contributed by atoms with Gasteiger partial charge in [0, 0.05) is 45.7 Å². The molecule has 7 heteroatoms. The number of nitrogens with one attached hydrogen (secondary N) is 1. The van der Waals surface area contributed by atoms with E-state index in [0.717, 1.165) is 58.1 Å². The number of likely N-dealkylation sites (tertiary alicyclic amines) is 1. The smallest absolute Gasteiger partial charge is 0.305 e. The molecule has 0 aromatic heterocycles. The standard InChI is InChI=1S/C22H34N4O3/c1-3-23-22(24-12-8-7-11-21(27)28-2)26-16-19-20(17-26)29-14-13-25(19)15-18-9-5-4-6-10-18/h4-6,9-10,19-20H,3,7-8,11-17H2,1-2H3,(H,23,24). The number of fused-ring (bicyclic) bond motifs is 1. The van der Waals surface area contributed by atoms with Crippen molar-refractivity contribution in [3.05, 3.63) is 35.9 Å². The van der Waals surface area contributed by atoms with Crippen molar-refractivity contribution in [2.24, 2.45) is 4.99 Å². The number of methoxy groups -OCH3 is 1. The van der Waals surface area contributed by atoms with Crippen molar-refractivity contribution in [3.63, 3.8) is 0 Å². The minimum atomic E-state index is -0.153. The number of rotatable bonds is 8. The molecular formula is C22H34N4O3. The maximum atomic E-state index is 11.2. The molecule has 2 heterocycles. The van der Waals surface area contributed by atoms with E-state index >= 15 is 0 Å². The van der Waals surface area contributed by atoms with Crippen molar-refractivity contribution in [3.8, 4) is 0 Å². The molecule has 0 spiro atoms. The second-order valence-corrected chi connectivity index (χ2v) is 7.61. The second-order valence-electron chi connectivity index (χ2n) is 7.61. The first kappa shape index (κ1) is 21.6. The molecule has 2 saturated heterocycles. The van der Waals surface area contributed by atoms with Crippen molar-refractivity contribution < 1.29 is 14.3 Å². The normalized spacial score (nSPS) is 22.4. The number of morpholine rings is 1. The number of nitrogens with zero attached hydrogens (tertiary/aromatic N) is 3. The first-order valence-corrected chi connectivity index (χ1v) is 10.7. The third-order valence-electron chi connectivity index (χ3n) is 5.56. The molecule has 29 heavy (non-hydrogen) atoms. The Labute approximate surface area is 174 Å². The van der Waals surface area contributed by atoms with E-state index in [9.17, 15) is 4.79 Å². The average molecular weight is 403 g/mol. The number of benzene rings is 1. The maximum absolute atomic E-state index is 11.2. The molecule has 1 aromatic carbocycles. The number of hydrogen-bond donors (Lipinski definition) is 1. The van der Waals surface area contributed by atoms with Gasteiger partial charge in [-0.05, 0) is 25.3 Å². The molecule has 0 radical (unpaired) electrons. The van der Waals surface area contributed by atoms with Crippen molar-refractivity contribution in [1.29, 1.82) is 0 Å². The summed E-state index contributed by atoms with van der Waals surface area (Å²) in [6.07, 6.45) is 2.35. The van der Waals surface area contributed by atoms with Gasteiger partial charge in [0.25, 0.3) is 0 Å². The fraction of sp³-hybridized carbons (Fsp3) is 0.636. The van der Waals surface area contributed by atoms with E-state index < -0.39 is 0 Å². The van der Waals surface area contributed by atoms with Gasteiger partial charge in [-0.25, -0.2) is 0 Å². The van der Waals surface area contributed by atoms with Crippen LogP contribution in [0.4, 0.5) is 0 Å². The zero-order valence-corrected chi connectivity index (χ0v) is 17.7. The van der Waals surface area contributed by atoms with Gasteiger partial charge in [0.2, 0.25) is 0 Å². The van der Waals surface area contributed by atoms with Crippen LogP contribution in [0.1, 0.15) is 31.7 Å². The largest absolute Gasteiger partial charge is 0.469 e. The number of unbranched alkanes of at least 4 members (excludes halogenated alkanes) is 1. The zero-order valence-electron chi connectivity index (χ0n) is 17.7. The monoisotopic (exact) mass is 402 g/mol. The molecule has 1 aromatic rings. The van der Waals surface area contributed by atoms with E-state index in [4.69, 9.17) is 14.5 Å². The van der Waals surface area contributed by atoms with Gasteiger partial charge in [-0.15, -0.1) is 0 Å². The summed E-state index contributed by atoms with van der Waals surface area (Å²) in [6.45, 7) is 8.12. The van der Waals surface area contributed by atoms with E-state index in [1.807, 2.05) is 0 Å². The molecule has 2 aliphatic rings. The molecule has 2 unspecified atom stereocenters. The van der Waals surface area contributed by atoms with Crippen LogP contribution in [0.15, 0.2) is 35.3 Å². The van der Waals surface area contributed by atoms with Crippen LogP contribution in [-0.4, -0.2) is 80.3 Å². The number of hydrogen-bond acceptors (Lipinski definition) is 5. The molecule has 0 aliphatic carbocycles. The minimum Gasteiger partial charge on any atom is -0.469 e. The fourth-order valence-corrected chi connectivity index (χ4v) is 4.04. The van der Waals surface area contributed by atoms with Crippen LogP contribution in [0.25, 0.3) is 0 Å². The summed E-state index contributed by atoms with van der Waals surface area (Å²) in [6, 6.07) is 11.0. The lowest BCUT2D eigenvalue weighted by atomic mass is 10.1. The Balaban J connectivity index is 1.56. The quantitative estimate of drug-likeness (QED) is 0.310. The van der Waals surface area contributed by atoms with E-state index in [-0.39, 0.29) is 12.1 Å². The molecule has 2 fully saturated rings. The first-order chi connectivity index (χ1) is 14.2. The highest BCUT2D eigenvalue weighted by Crippen LogP contribution is 2.24. The van der Waals surface area contributed by atoms with E-state index in [2.05, 4.69) is 52.4 Å². The van der Waals surface area contributed by atoms with Crippen molar-refractivity contribution in [2.75, 3.05) is 46.4 Å². The summed E-state index contributed by atoms with van der Waals surface area (Å²) in [5, 5.41) is 3.42. The number of carbonyl (C=O) groups excluding carboxylic acids is 1. The Hall–Kier alpha value is -2.12. The Kier molecular flexibility index (Phi) is 8.31. The van der Waals surface area contributed by atoms with E-state index in [1.54, 1.807) is 0 Å². The summed E-state index contributed by atoms with van der Waals surface area (Å²) < 4.78 is 10.8. The highest BCUT2D eigenvalue weighted by Gasteiger charge is 2.41. The summed E-state index contributed by atoms with van der Waals surface area (Å²) >= 11 is 0. The molecule has 7 nitrogen and oxygen atoms in total. The molecule has 1 N–H and O–H groups in total. The minimum absolute atomic E-state index is 0.153. The predicted molar refractivity (Wildman–Crippen MR) is 114 cm³/mol. The molecule has 2 atom stereocenters. The third kappa shape index (κ3) is 6.18. The Morgan fingerprint density at radius 2 is 2.10 bits per heavy atom. The fourth-order valence-electron chi connectivity index (χ4n) is 4.04. The lowest BCUT2D eigenvalue weighted by molar-refractivity contribution is -0.140.